The molecule has 17 heavy (non-hydrogen) atoms. The van der Waals surface area contributed by atoms with Crippen LogP contribution in [0.15, 0.2) is 29.6 Å². The van der Waals surface area contributed by atoms with Gasteiger partial charge >= 0.3 is 0 Å². The fourth-order valence-electron chi connectivity index (χ4n) is 2.09. The summed E-state index contributed by atoms with van der Waals surface area (Å²) in [5.41, 5.74) is 3.02. The molecule has 1 heterocycles. The molecule has 2 N–H and O–H groups in total. The lowest BCUT2D eigenvalue weighted by Crippen LogP contribution is -2.06. The highest BCUT2D eigenvalue weighted by Gasteiger charge is 2.10. The summed E-state index contributed by atoms with van der Waals surface area (Å²) in [6.07, 6.45) is 2.36. The van der Waals surface area contributed by atoms with Gasteiger partial charge in [-0.05, 0) is 37.5 Å². The quantitative estimate of drug-likeness (QED) is 0.778. The van der Waals surface area contributed by atoms with E-state index in [1.54, 1.807) is 19.1 Å². The molecule has 0 amide bonds. The van der Waals surface area contributed by atoms with Gasteiger partial charge in [-0.1, -0.05) is 6.08 Å². The summed E-state index contributed by atoms with van der Waals surface area (Å²) in [5.74, 6) is 0.235. The maximum Gasteiger partial charge on any atom is 0.248 e. The highest BCUT2D eigenvalue weighted by atomic mass is 16.3. The molecule has 3 nitrogen and oxygen atoms in total. The molecule has 0 aliphatic heterocycles. The van der Waals surface area contributed by atoms with Crippen LogP contribution in [-0.2, 0) is 6.42 Å². The standard InChI is InChI=1S/C14H15NO2/c1-4-5-10-7-11-8(2)6-12(16)15-13(11)9(3)14(10)17/h4,6-7,17H,1,5H2,2-3H3,(H,15,16). The number of hydrogen-bond donors (Lipinski definition) is 2. The summed E-state index contributed by atoms with van der Waals surface area (Å²) in [6, 6.07) is 3.47. The Morgan fingerprint density at radius 2 is 2.12 bits per heavy atom. The summed E-state index contributed by atoms with van der Waals surface area (Å²) in [5, 5.41) is 11.0. The van der Waals surface area contributed by atoms with Gasteiger partial charge in [0.05, 0.1) is 5.52 Å². The first-order valence-corrected chi connectivity index (χ1v) is 5.50. The van der Waals surface area contributed by atoms with Gasteiger partial charge in [0.25, 0.3) is 0 Å². The van der Waals surface area contributed by atoms with E-state index in [-0.39, 0.29) is 11.3 Å². The summed E-state index contributed by atoms with van der Waals surface area (Å²) in [7, 11) is 0. The summed E-state index contributed by atoms with van der Waals surface area (Å²) in [4.78, 5) is 14.2. The number of aromatic amines is 1. The van der Waals surface area contributed by atoms with Gasteiger partial charge in [0, 0.05) is 17.0 Å². The van der Waals surface area contributed by atoms with Gasteiger partial charge in [-0.15, -0.1) is 6.58 Å². The van der Waals surface area contributed by atoms with E-state index >= 15 is 0 Å². The van der Waals surface area contributed by atoms with E-state index in [0.29, 0.717) is 17.5 Å². The van der Waals surface area contributed by atoms with Crippen LogP contribution in [0, 0.1) is 13.8 Å². The first-order valence-electron chi connectivity index (χ1n) is 5.50. The summed E-state index contributed by atoms with van der Waals surface area (Å²) in [6.45, 7) is 7.37. The van der Waals surface area contributed by atoms with Crippen LogP contribution >= 0.6 is 0 Å². The van der Waals surface area contributed by atoms with Gasteiger partial charge in [0.2, 0.25) is 5.56 Å². The molecule has 0 aliphatic rings. The second kappa shape index (κ2) is 4.09. The van der Waals surface area contributed by atoms with E-state index < -0.39 is 0 Å². The Hall–Kier alpha value is -2.03. The van der Waals surface area contributed by atoms with E-state index in [0.717, 1.165) is 16.5 Å². The lowest BCUT2D eigenvalue weighted by Gasteiger charge is -2.11. The number of fused-ring (bicyclic) bond motifs is 1. The number of allylic oxidation sites excluding steroid dienone is 1. The van der Waals surface area contributed by atoms with Crippen molar-refractivity contribution >= 4 is 10.9 Å². The van der Waals surface area contributed by atoms with E-state index in [4.69, 9.17) is 0 Å². The Morgan fingerprint density at radius 3 is 2.76 bits per heavy atom. The Labute approximate surface area is 99.4 Å². The molecule has 0 radical (unpaired) electrons. The second-order valence-electron chi connectivity index (χ2n) is 4.24. The normalized spacial score (nSPS) is 10.7. The molecule has 0 unspecified atom stereocenters. The lowest BCUT2D eigenvalue weighted by molar-refractivity contribution is 0.466. The molecular weight excluding hydrogens is 214 g/mol. The van der Waals surface area contributed by atoms with Crippen LogP contribution in [0.1, 0.15) is 16.7 Å². The Bertz CT molecular complexity index is 653. The van der Waals surface area contributed by atoms with Crippen LogP contribution < -0.4 is 5.56 Å². The fourth-order valence-corrected chi connectivity index (χ4v) is 2.09. The molecule has 2 rings (SSSR count). The Balaban J connectivity index is 2.90. The third-order valence-electron chi connectivity index (χ3n) is 3.01. The third kappa shape index (κ3) is 1.84. The van der Waals surface area contributed by atoms with Gasteiger partial charge in [-0.2, -0.15) is 0 Å². The molecule has 0 saturated carbocycles. The number of phenolic OH excluding ortho intramolecular Hbond substituents is 1. The molecular formula is C14H15NO2. The predicted octanol–water partition coefficient (Wildman–Crippen LogP) is 2.58. The minimum absolute atomic E-state index is 0.144. The minimum Gasteiger partial charge on any atom is -0.507 e. The topological polar surface area (TPSA) is 53.1 Å². The number of pyridine rings is 1. The number of phenols is 1. The van der Waals surface area contributed by atoms with Crippen molar-refractivity contribution in [3.05, 3.63) is 51.8 Å². The first kappa shape index (κ1) is 11.5. The van der Waals surface area contributed by atoms with Crippen molar-refractivity contribution in [3.8, 4) is 5.75 Å². The highest BCUT2D eigenvalue weighted by molar-refractivity contribution is 5.87. The van der Waals surface area contributed by atoms with E-state index in [1.807, 2.05) is 13.0 Å². The molecule has 0 atom stereocenters. The maximum absolute atomic E-state index is 11.4. The number of aromatic hydroxyl groups is 1. The van der Waals surface area contributed by atoms with Crippen molar-refractivity contribution < 1.29 is 5.11 Å². The van der Waals surface area contributed by atoms with Crippen LogP contribution in [0.4, 0.5) is 0 Å². The van der Waals surface area contributed by atoms with Crippen LogP contribution in [0.3, 0.4) is 0 Å². The Kier molecular flexibility index (Phi) is 2.76. The third-order valence-corrected chi connectivity index (χ3v) is 3.01. The molecule has 0 spiro atoms. The maximum atomic E-state index is 11.4. The van der Waals surface area contributed by atoms with Crippen LogP contribution in [0.2, 0.25) is 0 Å². The number of hydrogen-bond acceptors (Lipinski definition) is 2. The smallest absolute Gasteiger partial charge is 0.248 e. The number of aryl methyl sites for hydroxylation is 2. The van der Waals surface area contributed by atoms with E-state index in [2.05, 4.69) is 11.6 Å². The number of H-pyrrole nitrogens is 1. The van der Waals surface area contributed by atoms with Crippen molar-refractivity contribution in [2.24, 2.45) is 0 Å². The number of benzene rings is 1. The van der Waals surface area contributed by atoms with E-state index in [1.165, 1.54) is 0 Å². The predicted molar refractivity (Wildman–Crippen MR) is 69.6 cm³/mol. The summed E-state index contributed by atoms with van der Waals surface area (Å²) >= 11 is 0. The molecule has 0 aliphatic carbocycles. The van der Waals surface area contributed by atoms with E-state index in [9.17, 15) is 9.90 Å². The lowest BCUT2D eigenvalue weighted by atomic mass is 9.99. The molecule has 3 heteroatoms. The SMILES string of the molecule is C=CCc1cc2c(C)cc(=O)[nH]c2c(C)c1O. The minimum atomic E-state index is -0.144. The Morgan fingerprint density at radius 1 is 1.41 bits per heavy atom. The fraction of sp³-hybridized carbons (Fsp3) is 0.214. The van der Waals surface area contributed by atoms with Crippen molar-refractivity contribution in [3.63, 3.8) is 0 Å². The number of nitrogens with one attached hydrogen (secondary N) is 1. The van der Waals surface area contributed by atoms with Gasteiger partial charge < -0.3 is 10.1 Å². The summed E-state index contributed by atoms with van der Waals surface area (Å²) < 4.78 is 0. The van der Waals surface area contributed by atoms with Crippen molar-refractivity contribution in [2.45, 2.75) is 20.3 Å². The van der Waals surface area contributed by atoms with Gasteiger partial charge in [-0.25, -0.2) is 0 Å². The molecule has 1 aromatic heterocycles. The van der Waals surface area contributed by atoms with Gasteiger partial charge in [-0.3, -0.25) is 4.79 Å². The number of aromatic nitrogens is 1. The second-order valence-corrected chi connectivity index (χ2v) is 4.24. The van der Waals surface area contributed by atoms with Crippen molar-refractivity contribution in [1.29, 1.82) is 0 Å². The monoisotopic (exact) mass is 229 g/mol. The van der Waals surface area contributed by atoms with Crippen LogP contribution in [0.5, 0.6) is 5.75 Å². The molecule has 0 saturated heterocycles. The van der Waals surface area contributed by atoms with Crippen LogP contribution in [0.25, 0.3) is 10.9 Å². The zero-order valence-electron chi connectivity index (χ0n) is 10.0. The molecule has 0 fully saturated rings. The zero-order chi connectivity index (χ0) is 12.6. The highest BCUT2D eigenvalue weighted by Crippen LogP contribution is 2.30. The molecule has 1 aromatic carbocycles. The van der Waals surface area contributed by atoms with Crippen molar-refractivity contribution in [2.75, 3.05) is 0 Å². The average Bonchev–Trinajstić information content (AvgIpc) is 2.27. The zero-order valence-corrected chi connectivity index (χ0v) is 10.0. The van der Waals surface area contributed by atoms with Gasteiger partial charge in [0.15, 0.2) is 0 Å². The first-order chi connectivity index (χ1) is 8.04. The largest absolute Gasteiger partial charge is 0.507 e. The average molecular weight is 229 g/mol. The molecule has 88 valence electrons. The number of rotatable bonds is 2. The van der Waals surface area contributed by atoms with Gasteiger partial charge in [0.1, 0.15) is 5.75 Å². The van der Waals surface area contributed by atoms with Crippen LogP contribution in [-0.4, -0.2) is 10.1 Å². The molecule has 0 bridgehead atoms. The van der Waals surface area contributed by atoms with Crippen molar-refractivity contribution in [1.82, 2.24) is 4.98 Å². The molecule has 2 aromatic rings.